The maximum absolute atomic E-state index is 12.2. The van der Waals surface area contributed by atoms with Crippen LogP contribution in [0.1, 0.15) is 15.9 Å². The van der Waals surface area contributed by atoms with Gasteiger partial charge in [0.2, 0.25) is 5.75 Å². The predicted molar refractivity (Wildman–Crippen MR) is 92.7 cm³/mol. The van der Waals surface area contributed by atoms with Crippen LogP contribution in [-0.4, -0.2) is 29.8 Å². The van der Waals surface area contributed by atoms with Crippen LogP contribution in [-0.2, 0) is 0 Å². The van der Waals surface area contributed by atoms with Gasteiger partial charge in [-0.25, -0.2) is 0 Å². The smallest absolute Gasteiger partial charge is 0.328 e. The SMILES string of the molecule is COc1cc([N+](=O)[O-])c(/C=C/C(=O)c2ccccc2)c([N+](=O)[O-])c1OC. The van der Waals surface area contributed by atoms with Crippen LogP contribution in [0.2, 0.25) is 0 Å². The number of nitro groups is 2. The van der Waals surface area contributed by atoms with Crippen molar-refractivity contribution in [2.24, 2.45) is 0 Å². The Bertz CT molecular complexity index is 892. The molecular formula is C17H14N2O7. The molecule has 0 N–H and O–H groups in total. The van der Waals surface area contributed by atoms with Crippen molar-refractivity contribution in [3.63, 3.8) is 0 Å². The maximum Gasteiger partial charge on any atom is 0.328 e. The fourth-order valence-corrected chi connectivity index (χ4v) is 2.33. The number of hydrogen-bond acceptors (Lipinski definition) is 7. The van der Waals surface area contributed by atoms with E-state index in [1.54, 1.807) is 30.3 Å². The minimum absolute atomic E-state index is 0.155. The Labute approximate surface area is 147 Å². The molecule has 0 saturated heterocycles. The Hall–Kier alpha value is -3.75. The molecule has 0 aromatic heterocycles. The van der Waals surface area contributed by atoms with Crippen molar-refractivity contribution < 1.29 is 24.1 Å². The summed E-state index contributed by atoms with van der Waals surface area (Å²) in [5.74, 6) is -0.878. The first-order valence-electron chi connectivity index (χ1n) is 7.26. The number of allylic oxidation sites excluding steroid dienone is 1. The summed E-state index contributed by atoms with van der Waals surface area (Å²) >= 11 is 0. The number of hydrogen-bond donors (Lipinski definition) is 0. The van der Waals surface area contributed by atoms with Crippen molar-refractivity contribution in [2.75, 3.05) is 14.2 Å². The summed E-state index contributed by atoms with van der Waals surface area (Å²) < 4.78 is 9.93. The molecule has 2 aromatic carbocycles. The van der Waals surface area contributed by atoms with Crippen LogP contribution in [0, 0.1) is 20.2 Å². The zero-order chi connectivity index (χ0) is 19.3. The summed E-state index contributed by atoms with van der Waals surface area (Å²) in [6.07, 6.45) is 2.07. The Morgan fingerprint density at radius 1 is 1.04 bits per heavy atom. The molecule has 0 atom stereocenters. The van der Waals surface area contributed by atoms with Crippen LogP contribution in [0.3, 0.4) is 0 Å². The number of carbonyl (C=O) groups excluding carboxylic acids is 1. The molecule has 2 rings (SSSR count). The quantitative estimate of drug-likeness (QED) is 0.322. The maximum atomic E-state index is 12.2. The van der Waals surface area contributed by atoms with Gasteiger partial charge >= 0.3 is 5.69 Å². The molecule has 0 fully saturated rings. The largest absolute Gasteiger partial charge is 0.492 e. The molecule has 0 bridgehead atoms. The first-order valence-corrected chi connectivity index (χ1v) is 7.26. The van der Waals surface area contributed by atoms with E-state index in [4.69, 9.17) is 9.47 Å². The fourth-order valence-electron chi connectivity index (χ4n) is 2.33. The van der Waals surface area contributed by atoms with Gasteiger partial charge in [0, 0.05) is 5.56 Å². The van der Waals surface area contributed by atoms with Crippen molar-refractivity contribution in [1.82, 2.24) is 0 Å². The third-order valence-electron chi connectivity index (χ3n) is 3.50. The number of ether oxygens (including phenoxy) is 2. The Kier molecular flexibility index (Phi) is 5.63. The molecule has 0 saturated carbocycles. The first kappa shape index (κ1) is 18.6. The molecule has 26 heavy (non-hydrogen) atoms. The molecule has 0 aliphatic carbocycles. The Balaban J connectivity index is 2.65. The third kappa shape index (κ3) is 3.66. The van der Waals surface area contributed by atoms with Gasteiger partial charge in [-0.2, -0.15) is 0 Å². The summed E-state index contributed by atoms with van der Waals surface area (Å²) in [4.78, 5) is 33.4. The zero-order valence-corrected chi connectivity index (χ0v) is 13.9. The second-order valence-electron chi connectivity index (χ2n) is 4.97. The van der Waals surface area contributed by atoms with Gasteiger partial charge in [0.25, 0.3) is 5.69 Å². The molecule has 0 spiro atoms. The lowest BCUT2D eigenvalue weighted by atomic mass is 10.1. The summed E-state index contributed by atoms with van der Waals surface area (Å²) in [6, 6.07) is 9.17. The van der Waals surface area contributed by atoms with Crippen molar-refractivity contribution >= 4 is 23.2 Å². The molecule has 9 nitrogen and oxygen atoms in total. The van der Waals surface area contributed by atoms with Crippen LogP contribution in [0.15, 0.2) is 42.5 Å². The highest BCUT2D eigenvalue weighted by Crippen LogP contribution is 2.45. The lowest BCUT2D eigenvalue weighted by Crippen LogP contribution is -2.03. The van der Waals surface area contributed by atoms with Gasteiger partial charge in [0.05, 0.1) is 30.1 Å². The van der Waals surface area contributed by atoms with Crippen LogP contribution < -0.4 is 9.47 Å². The van der Waals surface area contributed by atoms with Gasteiger partial charge in [0.15, 0.2) is 11.5 Å². The highest BCUT2D eigenvalue weighted by atomic mass is 16.6. The number of ketones is 1. The molecule has 2 aromatic rings. The van der Waals surface area contributed by atoms with E-state index in [1.165, 1.54) is 14.2 Å². The van der Waals surface area contributed by atoms with Crippen molar-refractivity contribution in [1.29, 1.82) is 0 Å². The standard InChI is InChI=1S/C17H14N2O7/c1-25-15-10-13(18(21)22)12(16(19(23)24)17(15)26-2)8-9-14(20)11-6-4-3-5-7-11/h3-10H,1-2H3/b9-8+. The fraction of sp³-hybridized carbons (Fsp3) is 0.118. The molecular weight excluding hydrogens is 344 g/mol. The lowest BCUT2D eigenvalue weighted by Gasteiger charge is -2.10. The third-order valence-corrected chi connectivity index (χ3v) is 3.50. The van der Waals surface area contributed by atoms with Gasteiger partial charge in [-0.15, -0.1) is 0 Å². The second kappa shape index (κ2) is 7.88. The number of nitro benzene ring substituents is 2. The predicted octanol–water partition coefficient (Wildman–Crippen LogP) is 3.42. The minimum atomic E-state index is -0.818. The van der Waals surface area contributed by atoms with E-state index in [1.807, 2.05) is 0 Å². The number of methoxy groups -OCH3 is 2. The topological polar surface area (TPSA) is 122 Å². The minimum Gasteiger partial charge on any atom is -0.492 e. The van der Waals surface area contributed by atoms with Crippen LogP contribution in [0.5, 0.6) is 11.5 Å². The summed E-state index contributed by atoms with van der Waals surface area (Å²) in [5.41, 5.74) is -1.25. The monoisotopic (exact) mass is 358 g/mol. The average molecular weight is 358 g/mol. The molecule has 9 heteroatoms. The molecule has 0 aliphatic rings. The van der Waals surface area contributed by atoms with E-state index in [0.717, 1.165) is 18.2 Å². The zero-order valence-electron chi connectivity index (χ0n) is 13.9. The van der Waals surface area contributed by atoms with E-state index < -0.39 is 27.0 Å². The highest BCUT2D eigenvalue weighted by molar-refractivity contribution is 6.07. The average Bonchev–Trinajstić information content (AvgIpc) is 2.64. The van der Waals surface area contributed by atoms with Gasteiger partial charge < -0.3 is 9.47 Å². The number of carbonyl (C=O) groups is 1. The summed E-state index contributed by atoms with van der Waals surface area (Å²) in [6.45, 7) is 0. The molecule has 0 amide bonds. The lowest BCUT2D eigenvalue weighted by molar-refractivity contribution is -0.395. The van der Waals surface area contributed by atoms with Crippen molar-refractivity contribution in [3.05, 3.63) is 73.8 Å². The number of nitrogens with zero attached hydrogens (tertiary/aromatic N) is 2. The van der Waals surface area contributed by atoms with Gasteiger partial charge in [-0.3, -0.25) is 25.0 Å². The number of rotatable bonds is 7. The first-order chi connectivity index (χ1) is 12.4. The summed E-state index contributed by atoms with van der Waals surface area (Å²) in [7, 11) is 2.39. The summed E-state index contributed by atoms with van der Waals surface area (Å²) in [5, 5.41) is 22.8. The van der Waals surface area contributed by atoms with Crippen LogP contribution in [0.4, 0.5) is 11.4 Å². The Morgan fingerprint density at radius 3 is 2.19 bits per heavy atom. The number of benzene rings is 2. The van der Waals surface area contributed by atoms with E-state index in [9.17, 15) is 25.0 Å². The molecule has 0 heterocycles. The van der Waals surface area contributed by atoms with Gasteiger partial charge in [0.1, 0.15) is 5.56 Å². The normalized spacial score (nSPS) is 10.5. The van der Waals surface area contributed by atoms with Gasteiger partial charge in [-0.1, -0.05) is 30.3 Å². The molecule has 0 aliphatic heterocycles. The van der Waals surface area contributed by atoms with Crippen molar-refractivity contribution in [2.45, 2.75) is 0 Å². The van der Waals surface area contributed by atoms with Crippen LogP contribution in [0.25, 0.3) is 6.08 Å². The molecule has 134 valence electrons. The van der Waals surface area contributed by atoms with E-state index in [0.29, 0.717) is 5.56 Å². The highest BCUT2D eigenvalue weighted by Gasteiger charge is 2.32. The molecule has 0 unspecified atom stereocenters. The molecule has 0 radical (unpaired) electrons. The Morgan fingerprint density at radius 2 is 1.69 bits per heavy atom. The van der Waals surface area contributed by atoms with E-state index in [-0.39, 0.29) is 17.1 Å². The van der Waals surface area contributed by atoms with E-state index >= 15 is 0 Å². The van der Waals surface area contributed by atoms with Crippen molar-refractivity contribution in [3.8, 4) is 11.5 Å². The van der Waals surface area contributed by atoms with Gasteiger partial charge in [-0.05, 0) is 12.2 Å². The second-order valence-corrected chi connectivity index (χ2v) is 4.97. The van der Waals surface area contributed by atoms with Crippen LogP contribution >= 0.6 is 0 Å². The van der Waals surface area contributed by atoms with E-state index in [2.05, 4.69) is 0 Å².